The third-order valence-electron chi connectivity index (χ3n) is 13.1. The maximum Gasteiger partial charge on any atom is 0.264 e. The lowest BCUT2D eigenvalue weighted by Gasteiger charge is -2.39. The van der Waals surface area contributed by atoms with E-state index in [0.717, 1.165) is 38.9 Å². The summed E-state index contributed by atoms with van der Waals surface area (Å²) >= 11 is 0. The van der Waals surface area contributed by atoms with E-state index in [0.29, 0.717) is 35.6 Å². The van der Waals surface area contributed by atoms with Crippen LogP contribution in [0.15, 0.2) is 140 Å². The summed E-state index contributed by atoms with van der Waals surface area (Å²) in [4.78, 5) is 49.7. The van der Waals surface area contributed by atoms with Crippen LogP contribution in [0.3, 0.4) is 0 Å². The van der Waals surface area contributed by atoms with Gasteiger partial charge in [-0.15, -0.1) is 0 Å². The van der Waals surface area contributed by atoms with Crippen molar-refractivity contribution in [2.45, 2.75) is 57.4 Å². The third kappa shape index (κ3) is 6.35. The van der Waals surface area contributed by atoms with Gasteiger partial charge in [-0.3, -0.25) is 19.3 Å². The minimum absolute atomic E-state index is 0.00786. The highest BCUT2D eigenvalue weighted by Gasteiger charge is 2.66. The molecule has 0 aliphatic carbocycles. The fourth-order valence-corrected chi connectivity index (χ4v) is 10.3. The SMILES string of the molecule is COc1ccc(C(C)(C)[C@@H]2[C@@H](CC(=O)N(CCO)Cc3ccccc3)O[C@]3(C(=O)N(Cc4ccccc4)c4ccc(N5C(=O)c6cccc7cccc5c67)cc43)[C@H]2C)cc1. The lowest BCUT2D eigenvalue weighted by molar-refractivity contribution is -0.150. The molecule has 9 rings (SSSR count). The molecule has 0 unspecified atom stereocenters. The molecule has 3 amide bonds. The van der Waals surface area contributed by atoms with E-state index in [1.807, 2.05) is 140 Å². The Kier molecular flexibility index (Phi) is 10.0. The number of ether oxygens (including phenoxy) is 2. The molecule has 1 fully saturated rings. The van der Waals surface area contributed by atoms with Crippen LogP contribution in [-0.4, -0.2) is 54.1 Å². The van der Waals surface area contributed by atoms with E-state index in [1.54, 1.807) is 21.8 Å². The molecule has 3 heterocycles. The van der Waals surface area contributed by atoms with Gasteiger partial charge in [0, 0.05) is 41.6 Å². The number of anilines is 3. The Hall–Kier alpha value is -6.29. The fourth-order valence-electron chi connectivity index (χ4n) is 10.3. The molecule has 0 bridgehead atoms. The molecule has 6 aromatic rings. The molecule has 6 aromatic carbocycles. The second-order valence-corrected chi connectivity index (χ2v) is 16.8. The van der Waals surface area contributed by atoms with Gasteiger partial charge in [-0.2, -0.15) is 0 Å². The largest absolute Gasteiger partial charge is 0.497 e. The van der Waals surface area contributed by atoms with Crippen LogP contribution in [0, 0.1) is 11.8 Å². The number of hydrogen-bond acceptors (Lipinski definition) is 6. The molecule has 304 valence electrons. The highest BCUT2D eigenvalue weighted by atomic mass is 16.5. The van der Waals surface area contributed by atoms with Crippen LogP contribution in [0.25, 0.3) is 10.8 Å². The predicted octanol–water partition coefficient (Wildman–Crippen LogP) is 8.92. The van der Waals surface area contributed by atoms with E-state index in [1.165, 1.54) is 0 Å². The van der Waals surface area contributed by atoms with Crippen LogP contribution in [0.5, 0.6) is 5.75 Å². The maximum absolute atomic E-state index is 15.6. The number of aliphatic hydroxyl groups excluding tert-OH is 1. The summed E-state index contributed by atoms with van der Waals surface area (Å²) in [5, 5.41) is 12.0. The summed E-state index contributed by atoms with van der Waals surface area (Å²) in [6.45, 7) is 7.00. The van der Waals surface area contributed by atoms with Gasteiger partial charge in [0.15, 0.2) is 5.60 Å². The van der Waals surface area contributed by atoms with Crippen LogP contribution in [0.1, 0.15) is 59.8 Å². The van der Waals surface area contributed by atoms with Crippen LogP contribution in [-0.2, 0) is 38.4 Å². The number of carbonyl (C=O) groups is 3. The van der Waals surface area contributed by atoms with Gasteiger partial charge in [-0.1, -0.05) is 118 Å². The second kappa shape index (κ2) is 15.4. The van der Waals surface area contributed by atoms with E-state index < -0.39 is 23.0 Å². The zero-order valence-electron chi connectivity index (χ0n) is 34.4. The van der Waals surface area contributed by atoms with E-state index >= 15 is 4.79 Å². The van der Waals surface area contributed by atoms with Crippen molar-refractivity contribution in [1.29, 1.82) is 0 Å². The zero-order valence-corrected chi connectivity index (χ0v) is 34.4. The number of fused-ring (bicyclic) bond motifs is 2. The first kappa shape index (κ1) is 39.2. The standard InChI is InChI=1S/C51H49N3O6/c1-33-47(50(2,3)37-21-24-39(59-4)25-22-37)44(30-45(56)52(27-28-55)31-34-13-7-5-8-14-34)60-51(33)41-29-38(23-26-42(41)53(49(51)58)32-35-15-9-6-10-16-35)54-43-20-12-18-36-17-11-19-40(46(36)43)48(54)57/h5-26,29,33,44,47,55H,27-28,30-32H2,1-4H3/t33-,44+,47-,51+/m0/s1. The average molecular weight is 800 g/mol. The minimum atomic E-state index is -1.50. The van der Waals surface area contributed by atoms with Gasteiger partial charge in [0.1, 0.15) is 5.75 Å². The van der Waals surface area contributed by atoms with E-state index in [9.17, 15) is 14.7 Å². The molecular formula is C51H49N3O6. The smallest absolute Gasteiger partial charge is 0.264 e. The molecule has 3 aliphatic rings. The number of carbonyl (C=O) groups excluding carboxylic acids is 3. The van der Waals surface area contributed by atoms with Crippen LogP contribution in [0.2, 0.25) is 0 Å². The van der Waals surface area contributed by atoms with Crippen molar-refractivity contribution in [3.63, 3.8) is 0 Å². The fraction of sp³-hybridized carbons (Fsp3) is 0.275. The molecule has 1 N–H and O–H groups in total. The summed E-state index contributed by atoms with van der Waals surface area (Å²) in [5.41, 5.74) is 4.26. The van der Waals surface area contributed by atoms with Gasteiger partial charge in [0.05, 0.1) is 49.7 Å². The van der Waals surface area contributed by atoms with Crippen molar-refractivity contribution in [3.05, 3.63) is 167 Å². The number of benzene rings is 6. The highest BCUT2D eigenvalue weighted by Crippen LogP contribution is 2.61. The molecule has 0 aromatic heterocycles. The van der Waals surface area contributed by atoms with Crippen LogP contribution in [0.4, 0.5) is 17.1 Å². The Labute approximate surface area is 350 Å². The van der Waals surface area contributed by atoms with Gasteiger partial charge < -0.3 is 24.4 Å². The van der Waals surface area contributed by atoms with Crippen molar-refractivity contribution in [3.8, 4) is 5.75 Å². The summed E-state index contributed by atoms with van der Waals surface area (Å²) in [7, 11) is 1.64. The van der Waals surface area contributed by atoms with Crippen molar-refractivity contribution >= 4 is 45.6 Å². The topological polar surface area (TPSA) is 99.6 Å². The number of rotatable bonds is 12. The molecule has 9 heteroatoms. The normalized spacial score (nSPS) is 20.6. The molecule has 1 spiro atoms. The molecule has 0 saturated carbocycles. The number of amides is 3. The van der Waals surface area contributed by atoms with Gasteiger partial charge >= 0.3 is 0 Å². The first-order chi connectivity index (χ1) is 29.1. The summed E-state index contributed by atoms with van der Waals surface area (Å²) < 4.78 is 12.9. The Bertz CT molecular complexity index is 2590. The van der Waals surface area contributed by atoms with E-state index in [4.69, 9.17) is 9.47 Å². The van der Waals surface area contributed by atoms with Gasteiger partial charge in [-0.25, -0.2) is 0 Å². The van der Waals surface area contributed by atoms with Gasteiger partial charge in [0.25, 0.3) is 11.8 Å². The number of methoxy groups -OCH3 is 1. The lowest BCUT2D eigenvalue weighted by atomic mass is 9.63. The number of hydrogen-bond donors (Lipinski definition) is 1. The molecular weight excluding hydrogens is 751 g/mol. The molecule has 4 atom stereocenters. The summed E-state index contributed by atoms with van der Waals surface area (Å²) in [5.74, 6) is -0.563. The van der Waals surface area contributed by atoms with Crippen LogP contribution < -0.4 is 14.5 Å². The second-order valence-electron chi connectivity index (χ2n) is 16.8. The van der Waals surface area contributed by atoms with Crippen molar-refractivity contribution < 1.29 is 29.0 Å². The Morgan fingerprint density at radius 1 is 0.833 bits per heavy atom. The average Bonchev–Trinajstić information content (AvgIpc) is 3.82. The first-order valence-electron chi connectivity index (χ1n) is 20.7. The molecule has 0 radical (unpaired) electrons. The minimum Gasteiger partial charge on any atom is -0.497 e. The maximum atomic E-state index is 15.6. The molecule has 9 nitrogen and oxygen atoms in total. The predicted molar refractivity (Wildman–Crippen MR) is 233 cm³/mol. The Balaban J connectivity index is 1.18. The highest BCUT2D eigenvalue weighted by molar-refractivity contribution is 6.28. The molecule has 1 saturated heterocycles. The van der Waals surface area contributed by atoms with E-state index in [2.05, 4.69) is 20.8 Å². The summed E-state index contributed by atoms with van der Waals surface area (Å²) in [6, 6.07) is 45.1. The van der Waals surface area contributed by atoms with E-state index in [-0.39, 0.29) is 43.2 Å². The quantitative estimate of drug-likeness (QED) is 0.133. The lowest BCUT2D eigenvalue weighted by Crippen LogP contribution is -2.45. The zero-order chi connectivity index (χ0) is 41.8. The summed E-state index contributed by atoms with van der Waals surface area (Å²) in [6.07, 6.45) is -0.711. The number of nitrogens with zero attached hydrogens (tertiary/aromatic N) is 3. The Morgan fingerprint density at radius 3 is 2.20 bits per heavy atom. The van der Waals surface area contributed by atoms with Crippen molar-refractivity contribution in [1.82, 2.24) is 4.90 Å². The monoisotopic (exact) mass is 799 g/mol. The molecule has 3 aliphatic heterocycles. The third-order valence-corrected chi connectivity index (χ3v) is 13.1. The number of aliphatic hydroxyl groups is 1. The van der Waals surface area contributed by atoms with Crippen LogP contribution >= 0.6 is 0 Å². The Morgan fingerprint density at radius 2 is 1.52 bits per heavy atom. The van der Waals surface area contributed by atoms with Crippen molar-refractivity contribution in [2.24, 2.45) is 11.8 Å². The van der Waals surface area contributed by atoms with Gasteiger partial charge in [0.2, 0.25) is 5.91 Å². The van der Waals surface area contributed by atoms with Crippen molar-refractivity contribution in [2.75, 3.05) is 30.1 Å². The first-order valence-corrected chi connectivity index (χ1v) is 20.7. The molecule has 60 heavy (non-hydrogen) atoms. The van der Waals surface area contributed by atoms with Gasteiger partial charge in [-0.05, 0) is 70.0 Å².